The number of rotatable bonds is 7. The fraction of sp³-hybridized carbons (Fsp3) is 0.0714. The van der Waals surface area contributed by atoms with Crippen LogP contribution in [0.15, 0.2) is 176 Å². The van der Waals surface area contributed by atoms with Gasteiger partial charge >= 0.3 is 0 Å². The second-order valence-electron chi connectivity index (χ2n) is 15.7. The van der Waals surface area contributed by atoms with Gasteiger partial charge in [0.25, 0.3) is 0 Å². The third-order valence-electron chi connectivity index (χ3n) is 11.7. The fourth-order valence-electron chi connectivity index (χ4n) is 8.88. The Morgan fingerprint density at radius 1 is 0.483 bits per heavy atom. The third kappa shape index (κ3) is 6.34. The van der Waals surface area contributed by atoms with E-state index in [1.165, 1.54) is 43.9 Å². The summed E-state index contributed by atoms with van der Waals surface area (Å²) >= 11 is 0. The molecule has 60 heavy (non-hydrogen) atoms. The lowest BCUT2D eigenvalue weighted by Gasteiger charge is -2.14. The summed E-state index contributed by atoms with van der Waals surface area (Å²) in [6.45, 7) is 12.7. The molecule has 0 saturated heterocycles. The highest BCUT2D eigenvalue weighted by Crippen LogP contribution is 2.34. The van der Waals surface area contributed by atoms with Crippen LogP contribution < -0.4 is 10.6 Å². The smallest absolute Gasteiger partial charge is 0.160 e. The molecule has 0 spiro atoms. The van der Waals surface area contributed by atoms with Gasteiger partial charge in [0, 0.05) is 54.8 Å². The van der Waals surface area contributed by atoms with Gasteiger partial charge in [-0.15, -0.1) is 0 Å². The molecule has 10 rings (SSSR count). The lowest BCUT2D eigenvalue weighted by Crippen LogP contribution is -2.28. The van der Waals surface area contributed by atoms with Crippen molar-refractivity contribution in [1.82, 2.24) is 19.1 Å². The molecule has 3 aromatic heterocycles. The van der Waals surface area contributed by atoms with E-state index in [0.29, 0.717) is 0 Å². The molecule has 7 aromatic carbocycles. The zero-order valence-corrected chi connectivity index (χ0v) is 34.3. The molecule has 4 nitrogen and oxygen atoms in total. The van der Waals surface area contributed by atoms with E-state index in [0.717, 1.165) is 72.5 Å². The maximum Gasteiger partial charge on any atom is 0.160 e. The van der Waals surface area contributed by atoms with Gasteiger partial charge in [0.2, 0.25) is 0 Å². The Bertz CT molecular complexity index is 3320. The Balaban J connectivity index is 1.04. The minimum atomic E-state index is 0.723. The lowest BCUT2D eigenvalue weighted by atomic mass is 9.99. The maximum absolute atomic E-state index is 5.10. The normalized spacial score (nSPS) is 12.3. The molecule has 0 radical (unpaired) electrons. The summed E-state index contributed by atoms with van der Waals surface area (Å²) in [5.41, 5.74) is 16.7. The van der Waals surface area contributed by atoms with Crippen LogP contribution in [0, 0.1) is 20.8 Å². The van der Waals surface area contributed by atoms with Gasteiger partial charge in [-0.2, -0.15) is 0 Å². The van der Waals surface area contributed by atoms with Crippen LogP contribution in [0.5, 0.6) is 0 Å². The van der Waals surface area contributed by atoms with Crippen LogP contribution in [0.2, 0.25) is 0 Å². The first kappa shape index (κ1) is 36.8. The molecule has 0 aliphatic rings. The van der Waals surface area contributed by atoms with Crippen LogP contribution in [0.4, 0.5) is 0 Å². The highest BCUT2D eigenvalue weighted by atomic mass is 15.0. The van der Waals surface area contributed by atoms with Crippen molar-refractivity contribution in [2.24, 2.45) is 0 Å². The number of nitrogens with zero attached hydrogens (tertiary/aromatic N) is 4. The molecule has 0 fully saturated rings. The van der Waals surface area contributed by atoms with Gasteiger partial charge in [0.15, 0.2) is 5.82 Å². The van der Waals surface area contributed by atoms with Gasteiger partial charge in [0.05, 0.1) is 27.9 Å². The van der Waals surface area contributed by atoms with Crippen LogP contribution >= 0.6 is 0 Å². The number of benzene rings is 7. The van der Waals surface area contributed by atoms with Crippen molar-refractivity contribution < 1.29 is 0 Å². The number of allylic oxidation sites excluding steroid dienone is 1. The second-order valence-corrected chi connectivity index (χ2v) is 15.7. The monoisotopic (exact) mass is 772 g/mol. The van der Waals surface area contributed by atoms with Crippen molar-refractivity contribution >= 4 is 44.9 Å². The summed E-state index contributed by atoms with van der Waals surface area (Å²) in [5, 5.41) is 5.99. The molecule has 288 valence electrons. The number of aromatic nitrogens is 4. The zero-order chi connectivity index (χ0) is 40.9. The average Bonchev–Trinajstić information content (AvgIpc) is 3.78. The second kappa shape index (κ2) is 15.0. The minimum Gasteiger partial charge on any atom is -0.309 e. The summed E-state index contributed by atoms with van der Waals surface area (Å²) in [6.07, 6.45) is 6.25. The van der Waals surface area contributed by atoms with Crippen LogP contribution in [0.25, 0.3) is 101 Å². The van der Waals surface area contributed by atoms with Gasteiger partial charge in [0.1, 0.15) is 0 Å². The van der Waals surface area contributed by atoms with E-state index in [2.05, 4.69) is 219 Å². The minimum absolute atomic E-state index is 0.723. The maximum atomic E-state index is 5.10. The molecule has 0 aliphatic carbocycles. The van der Waals surface area contributed by atoms with E-state index in [1.54, 1.807) is 0 Å². The highest BCUT2D eigenvalue weighted by molar-refractivity contribution is 6.09. The predicted molar refractivity (Wildman–Crippen MR) is 253 cm³/mol. The van der Waals surface area contributed by atoms with Gasteiger partial charge in [-0.3, -0.25) is 0 Å². The van der Waals surface area contributed by atoms with E-state index in [1.807, 2.05) is 6.08 Å². The lowest BCUT2D eigenvalue weighted by molar-refractivity contribution is 1.05. The molecule has 10 aromatic rings. The number of aryl methyl sites for hydroxylation is 3. The van der Waals surface area contributed by atoms with Crippen molar-refractivity contribution in [3.63, 3.8) is 0 Å². The summed E-state index contributed by atoms with van der Waals surface area (Å²) < 4.78 is 4.78. The van der Waals surface area contributed by atoms with Crippen molar-refractivity contribution in [1.29, 1.82) is 0 Å². The number of para-hydroxylation sites is 2. The Hall–Kier alpha value is -7.56. The molecule has 0 atom stereocenters. The first-order chi connectivity index (χ1) is 29.4. The van der Waals surface area contributed by atoms with Crippen molar-refractivity contribution in [2.75, 3.05) is 0 Å². The zero-order valence-electron chi connectivity index (χ0n) is 34.3. The van der Waals surface area contributed by atoms with E-state index in [-0.39, 0.29) is 0 Å². The molecule has 0 amide bonds. The largest absolute Gasteiger partial charge is 0.309 e. The SMILES string of the molecule is C=C/C=c1\c(=C/C)n(-c2ccc(-c3ccc(-c4cc(-c5cccc(C)c5)nc(-c5cccc(C)c5)n4)cc3)cc2C)c2ccc(-n3c4ccccc4c4ccccc43)cc12. The Morgan fingerprint density at radius 2 is 1.08 bits per heavy atom. The summed E-state index contributed by atoms with van der Waals surface area (Å²) in [7, 11) is 0. The van der Waals surface area contributed by atoms with E-state index in [9.17, 15) is 0 Å². The molecule has 0 unspecified atom stereocenters. The molecular formula is C56H44N4. The molecule has 4 heteroatoms. The van der Waals surface area contributed by atoms with Gasteiger partial charge < -0.3 is 9.13 Å². The molecule has 3 heterocycles. The van der Waals surface area contributed by atoms with Gasteiger partial charge in [-0.1, -0.05) is 139 Å². The molecule has 0 bridgehead atoms. The Labute approximate surface area is 350 Å². The van der Waals surface area contributed by atoms with Gasteiger partial charge in [-0.05, 0) is 105 Å². The fourth-order valence-corrected chi connectivity index (χ4v) is 8.88. The Kier molecular flexibility index (Phi) is 9.18. The van der Waals surface area contributed by atoms with Crippen molar-refractivity contribution in [3.8, 4) is 56.4 Å². The summed E-state index contributed by atoms with van der Waals surface area (Å²) in [6, 6.07) is 58.8. The standard InChI is InChI=1S/C56H44N4/c1-6-14-45-48-34-44(59-53-21-10-8-19-46(53)47-20-9-11-22-54(47)59)28-30-55(48)60(51(45)7-2)52-29-27-41(33-38(52)5)39-23-25-40(26-24-39)49-35-50(42-17-12-15-36(3)31-42)58-56(57-49)43-18-13-16-37(4)32-43/h6-35H,1H2,2-5H3/b45-14-,51-7+. The van der Waals surface area contributed by atoms with Crippen LogP contribution in [0.1, 0.15) is 23.6 Å². The first-order valence-electron chi connectivity index (χ1n) is 20.6. The molecular weight excluding hydrogens is 729 g/mol. The number of fused-ring (bicyclic) bond motifs is 4. The molecule has 0 N–H and O–H groups in total. The van der Waals surface area contributed by atoms with Crippen molar-refractivity contribution in [3.05, 3.63) is 204 Å². The van der Waals surface area contributed by atoms with Crippen molar-refractivity contribution in [2.45, 2.75) is 27.7 Å². The Morgan fingerprint density at radius 3 is 1.73 bits per heavy atom. The van der Waals surface area contributed by atoms with Crippen LogP contribution in [-0.4, -0.2) is 19.1 Å². The predicted octanol–water partition coefficient (Wildman–Crippen LogP) is 12.9. The molecule has 0 aliphatic heterocycles. The summed E-state index contributed by atoms with van der Waals surface area (Å²) in [5.74, 6) is 0.723. The molecule has 0 saturated carbocycles. The highest BCUT2D eigenvalue weighted by Gasteiger charge is 2.17. The topological polar surface area (TPSA) is 35.6 Å². The third-order valence-corrected chi connectivity index (χ3v) is 11.7. The van der Waals surface area contributed by atoms with E-state index in [4.69, 9.17) is 9.97 Å². The quantitative estimate of drug-likeness (QED) is 0.162. The van der Waals surface area contributed by atoms with Crippen LogP contribution in [-0.2, 0) is 0 Å². The first-order valence-corrected chi connectivity index (χ1v) is 20.6. The summed E-state index contributed by atoms with van der Waals surface area (Å²) in [4.78, 5) is 10.1. The van der Waals surface area contributed by atoms with Crippen LogP contribution in [0.3, 0.4) is 0 Å². The van der Waals surface area contributed by atoms with E-state index < -0.39 is 0 Å². The number of hydrogen-bond acceptors (Lipinski definition) is 2. The van der Waals surface area contributed by atoms with E-state index >= 15 is 0 Å². The number of hydrogen-bond donors (Lipinski definition) is 0. The average molecular weight is 773 g/mol. The van der Waals surface area contributed by atoms with Gasteiger partial charge in [-0.25, -0.2) is 9.97 Å².